The smallest absolute Gasteiger partial charge is 0.269 e. The van der Waals surface area contributed by atoms with Crippen LogP contribution in [0.3, 0.4) is 0 Å². The lowest BCUT2D eigenvalue weighted by Gasteiger charge is -1.97. The van der Waals surface area contributed by atoms with Gasteiger partial charge < -0.3 is 5.32 Å². The van der Waals surface area contributed by atoms with Gasteiger partial charge >= 0.3 is 0 Å². The van der Waals surface area contributed by atoms with Crippen molar-refractivity contribution in [2.24, 2.45) is 0 Å². The standard InChI is InChI=1S/C19H16N4O4S2/c1-12(24)20-10-15-7-8-17(29-15)16-11-28-19(21-16)22-18(25)9-4-13-2-5-14(6-3-13)23(26)27/h2-9,11H,10H2,1H3,(H,20,24)(H,21,22,25)/b9-4+. The zero-order valence-electron chi connectivity index (χ0n) is 15.2. The number of rotatable bonds is 7. The number of anilines is 1. The SMILES string of the molecule is CC(=O)NCc1ccc(-c2csc(NC(=O)/C=C/c3ccc([N+](=O)[O-])cc3)n2)s1. The van der Waals surface area contributed by atoms with Gasteiger partial charge in [0.15, 0.2) is 5.13 Å². The first-order valence-electron chi connectivity index (χ1n) is 8.43. The van der Waals surface area contributed by atoms with Crippen LogP contribution in [-0.2, 0) is 16.1 Å². The molecule has 3 rings (SSSR count). The molecule has 8 nitrogen and oxygen atoms in total. The van der Waals surface area contributed by atoms with E-state index >= 15 is 0 Å². The lowest BCUT2D eigenvalue weighted by Crippen LogP contribution is -2.17. The highest BCUT2D eigenvalue weighted by Gasteiger charge is 2.09. The summed E-state index contributed by atoms with van der Waals surface area (Å²) in [4.78, 5) is 39.6. The van der Waals surface area contributed by atoms with Gasteiger partial charge in [-0.2, -0.15) is 0 Å². The van der Waals surface area contributed by atoms with Crippen LogP contribution in [0.15, 0.2) is 47.9 Å². The summed E-state index contributed by atoms with van der Waals surface area (Å²) in [6.07, 6.45) is 2.92. The Labute approximate surface area is 174 Å². The molecular weight excluding hydrogens is 412 g/mol. The molecule has 10 heteroatoms. The molecule has 0 aliphatic carbocycles. The molecule has 2 amide bonds. The minimum Gasteiger partial charge on any atom is -0.351 e. The van der Waals surface area contributed by atoms with Gasteiger partial charge in [0, 0.05) is 35.4 Å². The van der Waals surface area contributed by atoms with Crippen LogP contribution in [0.4, 0.5) is 10.8 Å². The molecule has 0 saturated heterocycles. The monoisotopic (exact) mass is 428 g/mol. The predicted molar refractivity (Wildman–Crippen MR) is 114 cm³/mol. The number of carbonyl (C=O) groups is 2. The maximum atomic E-state index is 12.1. The quantitative estimate of drug-likeness (QED) is 0.334. The van der Waals surface area contributed by atoms with Crippen molar-refractivity contribution in [3.8, 4) is 10.6 Å². The first-order chi connectivity index (χ1) is 13.9. The molecule has 29 heavy (non-hydrogen) atoms. The summed E-state index contributed by atoms with van der Waals surface area (Å²) in [6, 6.07) is 9.76. The highest BCUT2D eigenvalue weighted by Crippen LogP contribution is 2.30. The first-order valence-corrected chi connectivity index (χ1v) is 10.1. The zero-order chi connectivity index (χ0) is 20.8. The van der Waals surface area contributed by atoms with Crippen molar-refractivity contribution in [1.29, 1.82) is 0 Å². The van der Waals surface area contributed by atoms with Crippen molar-refractivity contribution in [2.75, 3.05) is 5.32 Å². The zero-order valence-corrected chi connectivity index (χ0v) is 16.9. The molecule has 2 N–H and O–H groups in total. The van der Waals surface area contributed by atoms with Crippen LogP contribution in [0.2, 0.25) is 0 Å². The number of non-ortho nitro benzene ring substituents is 1. The average Bonchev–Trinajstić information content (AvgIpc) is 3.34. The largest absolute Gasteiger partial charge is 0.351 e. The van der Waals surface area contributed by atoms with E-state index in [0.717, 1.165) is 15.4 Å². The molecule has 0 aliphatic rings. The molecule has 0 spiro atoms. The van der Waals surface area contributed by atoms with E-state index in [-0.39, 0.29) is 17.5 Å². The molecule has 0 fully saturated rings. The summed E-state index contributed by atoms with van der Waals surface area (Å²) in [6.45, 7) is 1.95. The summed E-state index contributed by atoms with van der Waals surface area (Å²) in [7, 11) is 0. The highest BCUT2D eigenvalue weighted by molar-refractivity contribution is 7.17. The third-order valence-corrected chi connectivity index (χ3v) is 5.56. The van der Waals surface area contributed by atoms with Gasteiger partial charge in [0.05, 0.1) is 22.0 Å². The molecule has 0 aliphatic heterocycles. The van der Waals surface area contributed by atoms with Gasteiger partial charge in [0.25, 0.3) is 5.69 Å². The van der Waals surface area contributed by atoms with Crippen molar-refractivity contribution in [3.05, 3.63) is 68.4 Å². The fourth-order valence-electron chi connectivity index (χ4n) is 2.29. The summed E-state index contributed by atoms with van der Waals surface area (Å²) < 4.78 is 0. The second-order valence-corrected chi connectivity index (χ2v) is 7.91. The van der Waals surface area contributed by atoms with E-state index in [4.69, 9.17) is 0 Å². The molecule has 3 aromatic rings. The number of benzene rings is 1. The van der Waals surface area contributed by atoms with Crippen molar-refractivity contribution in [2.45, 2.75) is 13.5 Å². The number of hydrogen-bond acceptors (Lipinski definition) is 7. The van der Waals surface area contributed by atoms with Gasteiger partial charge in [-0.05, 0) is 35.9 Å². The summed E-state index contributed by atoms with van der Waals surface area (Å²) in [5.41, 5.74) is 1.43. The van der Waals surface area contributed by atoms with Crippen LogP contribution in [-0.4, -0.2) is 21.7 Å². The normalized spacial score (nSPS) is 10.8. The Kier molecular flexibility index (Phi) is 6.47. The van der Waals surface area contributed by atoms with Crippen LogP contribution >= 0.6 is 22.7 Å². The minimum absolute atomic E-state index is 0.00396. The molecule has 2 heterocycles. The van der Waals surface area contributed by atoms with Crippen molar-refractivity contribution in [3.63, 3.8) is 0 Å². The van der Waals surface area contributed by atoms with Gasteiger partial charge in [0.2, 0.25) is 11.8 Å². The fourth-order valence-corrected chi connectivity index (χ4v) is 3.99. The second kappa shape index (κ2) is 9.22. The molecule has 148 valence electrons. The predicted octanol–water partition coefficient (Wildman–Crippen LogP) is 4.07. The maximum Gasteiger partial charge on any atom is 0.269 e. The number of aromatic nitrogens is 1. The Balaban J connectivity index is 1.58. The second-order valence-electron chi connectivity index (χ2n) is 5.88. The minimum atomic E-state index is -0.476. The number of thiophene rings is 1. The van der Waals surface area contributed by atoms with E-state index in [1.807, 2.05) is 17.5 Å². The average molecular weight is 428 g/mol. The molecule has 0 saturated carbocycles. The molecule has 0 unspecified atom stereocenters. The Morgan fingerprint density at radius 3 is 2.66 bits per heavy atom. The third kappa shape index (κ3) is 5.80. The van der Waals surface area contributed by atoms with E-state index in [1.54, 1.807) is 18.2 Å². The highest BCUT2D eigenvalue weighted by atomic mass is 32.1. The Morgan fingerprint density at radius 2 is 1.97 bits per heavy atom. The van der Waals surface area contributed by atoms with E-state index < -0.39 is 4.92 Å². The van der Waals surface area contributed by atoms with E-state index in [9.17, 15) is 19.7 Å². The van der Waals surface area contributed by atoms with Crippen LogP contribution in [0.1, 0.15) is 17.4 Å². The molecule has 1 aromatic carbocycles. The molecule has 0 radical (unpaired) electrons. The van der Waals surface area contributed by atoms with Crippen LogP contribution in [0, 0.1) is 10.1 Å². The molecule has 0 bridgehead atoms. The number of nitrogens with one attached hydrogen (secondary N) is 2. The van der Waals surface area contributed by atoms with Gasteiger partial charge in [-0.15, -0.1) is 22.7 Å². The van der Waals surface area contributed by atoms with Gasteiger partial charge in [0.1, 0.15) is 0 Å². The number of thiazole rings is 1. The lowest BCUT2D eigenvalue weighted by atomic mass is 10.2. The fraction of sp³-hybridized carbons (Fsp3) is 0.105. The number of amides is 2. The maximum absolute atomic E-state index is 12.1. The topological polar surface area (TPSA) is 114 Å². The number of hydrogen-bond donors (Lipinski definition) is 2. The van der Waals surface area contributed by atoms with E-state index in [0.29, 0.717) is 17.2 Å². The Hall–Kier alpha value is -3.37. The number of nitro benzene ring substituents is 1. The summed E-state index contributed by atoms with van der Waals surface area (Å²) >= 11 is 2.84. The molecular formula is C19H16N4O4S2. The van der Waals surface area contributed by atoms with Crippen molar-refractivity contribution in [1.82, 2.24) is 10.3 Å². The van der Waals surface area contributed by atoms with Crippen molar-refractivity contribution >= 4 is 51.4 Å². The summed E-state index contributed by atoms with van der Waals surface area (Å²) in [5.74, 6) is -0.429. The summed E-state index contributed by atoms with van der Waals surface area (Å²) in [5, 5.41) is 18.4. The number of nitrogens with zero attached hydrogens (tertiary/aromatic N) is 2. The Morgan fingerprint density at radius 1 is 1.21 bits per heavy atom. The van der Waals surface area contributed by atoms with Gasteiger partial charge in [-0.1, -0.05) is 0 Å². The van der Waals surface area contributed by atoms with Crippen LogP contribution in [0.25, 0.3) is 16.6 Å². The third-order valence-electron chi connectivity index (χ3n) is 3.69. The number of nitro groups is 1. The van der Waals surface area contributed by atoms with Gasteiger partial charge in [-0.25, -0.2) is 4.98 Å². The number of carbonyl (C=O) groups excluding carboxylic acids is 2. The van der Waals surface area contributed by atoms with Crippen LogP contribution < -0.4 is 10.6 Å². The first kappa shape index (κ1) is 20.4. The van der Waals surface area contributed by atoms with Gasteiger partial charge in [-0.3, -0.25) is 25.0 Å². The van der Waals surface area contributed by atoms with E-state index in [1.165, 1.54) is 47.8 Å². The lowest BCUT2D eigenvalue weighted by molar-refractivity contribution is -0.384. The molecule has 0 atom stereocenters. The Bertz CT molecular complexity index is 1070. The van der Waals surface area contributed by atoms with Crippen LogP contribution in [0.5, 0.6) is 0 Å². The molecule has 2 aromatic heterocycles. The van der Waals surface area contributed by atoms with E-state index in [2.05, 4.69) is 15.6 Å². The van der Waals surface area contributed by atoms with Crippen molar-refractivity contribution < 1.29 is 14.5 Å².